The Morgan fingerprint density at radius 3 is 2.37 bits per heavy atom. The molecule has 6 nitrogen and oxygen atoms in total. The van der Waals surface area contributed by atoms with Gasteiger partial charge in [0.05, 0.1) is 0 Å². The van der Waals surface area contributed by atoms with Crippen LogP contribution in [-0.4, -0.2) is 41.9 Å². The predicted octanol–water partition coefficient (Wildman–Crippen LogP) is 2.51. The minimum atomic E-state index is -0.627. The maximum Gasteiger partial charge on any atom is 0.332 e. The van der Waals surface area contributed by atoms with Gasteiger partial charge < -0.3 is 5.32 Å². The third-order valence-electron chi connectivity index (χ3n) is 4.64. The number of imide groups is 1. The first-order chi connectivity index (χ1) is 13.0. The highest BCUT2D eigenvalue weighted by atomic mass is 16.2. The number of rotatable bonds is 6. The van der Waals surface area contributed by atoms with Crippen LogP contribution in [0.25, 0.3) is 0 Å². The molecule has 1 atom stereocenters. The van der Waals surface area contributed by atoms with Crippen molar-refractivity contribution in [1.82, 2.24) is 10.2 Å². The monoisotopic (exact) mass is 365 g/mol. The van der Waals surface area contributed by atoms with Crippen LogP contribution in [0.5, 0.6) is 0 Å². The zero-order valence-corrected chi connectivity index (χ0v) is 15.5. The molecule has 0 aliphatic carbocycles. The summed E-state index contributed by atoms with van der Waals surface area (Å²) in [6.07, 6.45) is 0.695. The van der Waals surface area contributed by atoms with E-state index < -0.39 is 12.1 Å². The predicted molar refractivity (Wildman–Crippen MR) is 103 cm³/mol. The minimum Gasteiger partial charge on any atom is -0.354 e. The summed E-state index contributed by atoms with van der Waals surface area (Å²) in [4.78, 5) is 39.8. The van der Waals surface area contributed by atoms with E-state index in [-0.39, 0.29) is 18.4 Å². The van der Waals surface area contributed by atoms with Gasteiger partial charge in [-0.05, 0) is 38.0 Å². The van der Waals surface area contributed by atoms with Crippen LogP contribution in [0, 0.1) is 6.92 Å². The summed E-state index contributed by atoms with van der Waals surface area (Å²) in [5, 5.41) is 2.77. The van der Waals surface area contributed by atoms with Crippen molar-refractivity contribution >= 4 is 23.5 Å². The molecule has 1 heterocycles. The van der Waals surface area contributed by atoms with E-state index >= 15 is 0 Å². The molecule has 1 aliphatic heterocycles. The van der Waals surface area contributed by atoms with E-state index in [2.05, 4.69) is 5.32 Å². The van der Waals surface area contributed by atoms with Gasteiger partial charge in [0.25, 0.3) is 5.91 Å². The molecular weight excluding hydrogens is 342 g/mol. The lowest BCUT2D eigenvalue weighted by Gasteiger charge is -2.19. The first-order valence-electron chi connectivity index (χ1n) is 8.99. The van der Waals surface area contributed by atoms with Crippen LogP contribution in [0.2, 0.25) is 0 Å². The molecule has 1 N–H and O–H groups in total. The summed E-state index contributed by atoms with van der Waals surface area (Å²) in [5.41, 5.74) is 2.84. The number of hydrogen-bond acceptors (Lipinski definition) is 3. The molecule has 27 heavy (non-hydrogen) atoms. The zero-order chi connectivity index (χ0) is 19.4. The van der Waals surface area contributed by atoms with E-state index in [1.54, 1.807) is 19.1 Å². The van der Waals surface area contributed by atoms with E-state index in [9.17, 15) is 14.4 Å². The number of carbonyl (C=O) groups is 3. The molecule has 4 amide bonds. The minimum absolute atomic E-state index is 0.265. The van der Waals surface area contributed by atoms with Gasteiger partial charge in [-0.3, -0.25) is 19.4 Å². The third-order valence-corrected chi connectivity index (χ3v) is 4.64. The highest BCUT2D eigenvalue weighted by Gasteiger charge is 2.43. The fourth-order valence-electron chi connectivity index (χ4n) is 3.10. The van der Waals surface area contributed by atoms with Gasteiger partial charge in [0.1, 0.15) is 12.6 Å². The maximum absolute atomic E-state index is 12.7. The largest absolute Gasteiger partial charge is 0.354 e. The summed E-state index contributed by atoms with van der Waals surface area (Å²) in [7, 11) is 0. The lowest BCUT2D eigenvalue weighted by molar-refractivity contribution is -0.131. The number of hydrogen-bond donors (Lipinski definition) is 1. The van der Waals surface area contributed by atoms with Crippen LogP contribution in [0.4, 0.5) is 10.5 Å². The summed E-state index contributed by atoms with van der Waals surface area (Å²) in [6.45, 7) is 3.82. The molecule has 140 valence electrons. The van der Waals surface area contributed by atoms with Crippen molar-refractivity contribution in [3.63, 3.8) is 0 Å². The topological polar surface area (TPSA) is 69.7 Å². The van der Waals surface area contributed by atoms with Gasteiger partial charge in [0, 0.05) is 12.2 Å². The van der Waals surface area contributed by atoms with Crippen LogP contribution in [0.15, 0.2) is 54.6 Å². The Morgan fingerprint density at radius 1 is 1.04 bits per heavy atom. The number of carbonyl (C=O) groups excluding carboxylic acids is 3. The highest BCUT2D eigenvalue weighted by molar-refractivity contribution is 6.15. The van der Waals surface area contributed by atoms with E-state index in [0.717, 1.165) is 16.0 Å². The molecule has 0 aromatic heterocycles. The zero-order valence-electron chi connectivity index (χ0n) is 15.5. The molecule has 1 fully saturated rings. The van der Waals surface area contributed by atoms with Crippen LogP contribution >= 0.6 is 0 Å². The smallest absolute Gasteiger partial charge is 0.332 e. The average molecular weight is 365 g/mol. The Hall–Kier alpha value is -3.15. The molecule has 1 saturated heterocycles. The number of aryl methyl sites for hydroxylation is 1. The van der Waals surface area contributed by atoms with Crippen LogP contribution in [0.1, 0.15) is 18.1 Å². The number of nitrogens with one attached hydrogen (secondary N) is 1. The summed E-state index contributed by atoms with van der Waals surface area (Å²) in [5.74, 6) is -0.704. The van der Waals surface area contributed by atoms with Gasteiger partial charge >= 0.3 is 6.03 Å². The normalized spacial score (nSPS) is 16.7. The second kappa shape index (κ2) is 8.03. The fraction of sp³-hybridized carbons (Fsp3) is 0.286. The number of nitrogens with zero attached hydrogens (tertiary/aromatic N) is 2. The van der Waals surface area contributed by atoms with Crippen molar-refractivity contribution in [2.75, 3.05) is 18.0 Å². The van der Waals surface area contributed by atoms with Crippen LogP contribution < -0.4 is 10.2 Å². The molecule has 3 rings (SSSR count). The van der Waals surface area contributed by atoms with Gasteiger partial charge in [-0.25, -0.2) is 4.79 Å². The summed E-state index contributed by atoms with van der Waals surface area (Å²) < 4.78 is 0. The van der Waals surface area contributed by atoms with E-state index in [4.69, 9.17) is 0 Å². The number of benzene rings is 2. The van der Waals surface area contributed by atoms with Crippen molar-refractivity contribution < 1.29 is 14.4 Å². The third kappa shape index (κ3) is 4.16. The van der Waals surface area contributed by atoms with E-state index in [0.29, 0.717) is 18.7 Å². The Bertz CT molecular complexity index is 834. The summed E-state index contributed by atoms with van der Waals surface area (Å²) >= 11 is 0. The maximum atomic E-state index is 12.7. The van der Waals surface area contributed by atoms with Crippen LogP contribution in [0.3, 0.4) is 0 Å². The molecule has 0 unspecified atom stereocenters. The lowest BCUT2D eigenvalue weighted by Crippen LogP contribution is -2.42. The molecule has 2 aromatic carbocycles. The fourth-order valence-corrected chi connectivity index (χ4v) is 3.10. The molecule has 0 saturated carbocycles. The summed E-state index contributed by atoms with van der Waals surface area (Å²) in [6, 6.07) is 16.1. The Labute approximate surface area is 158 Å². The number of urea groups is 1. The van der Waals surface area contributed by atoms with Gasteiger partial charge in [0.15, 0.2) is 0 Å². The average Bonchev–Trinajstić information content (AvgIpc) is 2.87. The molecule has 0 radical (unpaired) electrons. The van der Waals surface area contributed by atoms with Crippen molar-refractivity contribution in [2.24, 2.45) is 0 Å². The number of anilines is 1. The van der Waals surface area contributed by atoms with Gasteiger partial charge in [-0.15, -0.1) is 0 Å². The van der Waals surface area contributed by atoms with Crippen molar-refractivity contribution in [2.45, 2.75) is 26.3 Å². The molecule has 6 heteroatoms. The number of amides is 4. The van der Waals surface area contributed by atoms with Crippen molar-refractivity contribution in [1.29, 1.82) is 0 Å². The standard InChI is InChI=1S/C21H23N3O3/c1-15-8-10-18(11-9-15)24-16(2)20(26)23(21(24)27)14-19(25)22-13-12-17-6-4-3-5-7-17/h3-11,16H,12-14H2,1-2H3,(H,22,25)/t16-/m0/s1. The van der Waals surface area contributed by atoms with E-state index in [1.165, 1.54) is 4.90 Å². The Kier molecular flexibility index (Phi) is 5.54. The van der Waals surface area contributed by atoms with Crippen molar-refractivity contribution in [3.8, 4) is 0 Å². The first kappa shape index (κ1) is 18.6. The molecular formula is C21H23N3O3. The SMILES string of the molecule is Cc1ccc(N2C(=O)N(CC(=O)NCCc3ccccc3)C(=O)[C@@H]2C)cc1. The van der Waals surface area contributed by atoms with Gasteiger partial charge in [-0.1, -0.05) is 48.0 Å². The molecule has 1 aliphatic rings. The molecule has 2 aromatic rings. The second-order valence-corrected chi connectivity index (χ2v) is 6.67. The van der Waals surface area contributed by atoms with Gasteiger partial charge in [0.2, 0.25) is 5.91 Å². The van der Waals surface area contributed by atoms with Gasteiger partial charge in [-0.2, -0.15) is 0 Å². The highest BCUT2D eigenvalue weighted by Crippen LogP contribution is 2.25. The molecule has 0 spiro atoms. The quantitative estimate of drug-likeness (QED) is 0.800. The second-order valence-electron chi connectivity index (χ2n) is 6.67. The van der Waals surface area contributed by atoms with Crippen LogP contribution in [-0.2, 0) is 16.0 Å². The molecule has 0 bridgehead atoms. The Balaban J connectivity index is 1.59. The lowest BCUT2D eigenvalue weighted by atomic mass is 10.1. The van der Waals surface area contributed by atoms with Crippen molar-refractivity contribution in [3.05, 3.63) is 65.7 Å². The Morgan fingerprint density at radius 2 is 1.70 bits per heavy atom. The van der Waals surface area contributed by atoms with E-state index in [1.807, 2.05) is 49.4 Å². The first-order valence-corrected chi connectivity index (χ1v) is 8.99.